The van der Waals surface area contributed by atoms with Gasteiger partial charge in [-0.1, -0.05) is 72.8 Å². The van der Waals surface area contributed by atoms with Gasteiger partial charge in [0.2, 0.25) is 0 Å². The number of rotatable bonds is 3. The third-order valence-electron chi connectivity index (χ3n) is 8.17. The molecule has 0 aliphatic rings. The summed E-state index contributed by atoms with van der Waals surface area (Å²) in [5, 5.41) is 13.9. The molecule has 0 aliphatic carbocycles. The number of aromatic nitrogens is 2. The van der Waals surface area contributed by atoms with Crippen molar-refractivity contribution >= 4 is 49.3 Å². The van der Waals surface area contributed by atoms with E-state index >= 15 is 0 Å². The fraction of sp³-hybridized carbons (Fsp3) is 0. The van der Waals surface area contributed by atoms with E-state index in [0.717, 1.165) is 55.3 Å². The molecule has 0 saturated heterocycles. The first-order valence-corrected chi connectivity index (χ1v) is 13.8. The van der Waals surface area contributed by atoms with Gasteiger partial charge in [-0.15, -0.1) is 0 Å². The predicted molar refractivity (Wildman–Crippen MR) is 172 cm³/mol. The number of nitriles is 1. The summed E-state index contributed by atoms with van der Waals surface area (Å²) in [6.07, 6.45) is 0. The van der Waals surface area contributed by atoms with E-state index in [2.05, 4.69) is 111 Å². The van der Waals surface area contributed by atoms with Crippen LogP contribution in [0.1, 0.15) is 5.56 Å². The van der Waals surface area contributed by atoms with Crippen LogP contribution in [-0.2, 0) is 0 Å². The number of benzene rings is 6. The molecule has 2 heterocycles. The van der Waals surface area contributed by atoms with Crippen LogP contribution in [0.2, 0.25) is 0 Å². The van der Waals surface area contributed by atoms with Crippen molar-refractivity contribution in [3.8, 4) is 28.6 Å². The zero-order valence-electron chi connectivity index (χ0n) is 22.5. The van der Waals surface area contributed by atoms with Gasteiger partial charge in [-0.2, -0.15) is 5.26 Å². The van der Waals surface area contributed by atoms with Gasteiger partial charge in [-0.05, 0) is 71.6 Å². The lowest BCUT2D eigenvalue weighted by atomic mass is 9.97. The maximum Gasteiger partial charge on any atom is 0.188 e. The first kappa shape index (κ1) is 23.8. The minimum Gasteiger partial charge on any atom is -0.309 e. The van der Waals surface area contributed by atoms with Crippen molar-refractivity contribution < 1.29 is 0 Å². The molecule has 0 spiro atoms. The zero-order chi connectivity index (χ0) is 28.2. The van der Waals surface area contributed by atoms with Crippen LogP contribution in [0.15, 0.2) is 133 Å². The van der Waals surface area contributed by atoms with Crippen LogP contribution in [-0.4, -0.2) is 9.13 Å². The highest BCUT2D eigenvalue weighted by molar-refractivity contribution is 6.17. The third-order valence-corrected chi connectivity index (χ3v) is 8.17. The van der Waals surface area contributed by atoms with Crippen molar-refractivity contribution in [2.24, 2.45) is 0 Å². The Balaban J connectivity index is 1.49. The van der Waals surface area contributed by atoms with Gasteiger partial charge in [0.05, 0.1) is 46.0 Å². The molecule has 0 N–H and O–H groups in total. The number of nitrogens with zero attached hydrogens (tertiary/aromatic N) is 4. The van der Waals surface area contributed by atoms with Gasteiger partial charge in [0.25, 0.3) is 0 Å². The van der Waals surface area contributed by atoms with Crippen molar-refractivity contribution in [3.63, 3.8) is 0 Å². The molecule has 0 unspecified atom stereocenters. The molecular weight excluding hydrogens is 512 g/mol. The van der Waals surface area contributed by atoms with Crippen LogP contribution in [0.4, 0.5) is 5.69 Å². The zero-order valence-corrected chi connectivity index (χ0v) is 22.5. The number of para-hydroxylation sites is 3. The van der Waals surface area contributed by atoms with Gasteiger partial charge < -0.3 is 9.13 Å². The Bertz CT molecular complexity index is 2370. The van der Waals surface area contributed by atoms with Crippen molar-refractivity contribution in [2.45, 2.75) is 0 Å². The Hall–Kier alpha value is -6.10. The van der Waals surface area contributed by atoms with E-state index in [1.165, 1.54) is 10.8 Å². The average Bonchev–Trinajstić information content (AvgIpc) is 3.57. The minimum atomic E-state index is 0.604. The highest BCUT2D eigenvalue weighted by Gasteiger charge is 2.20. The van der Waals surface area contributed by atoms with E-state index < -0.39 is 0 Å². The van der Waals surface area contributed by atoms with E-state index in [1.807, 2.05) is 42.5 Å². The maximum atomic E-state index is 9.37. The number of hydrogen-bond donors (Lipinski definition) is 0. The molecule has 4 nitrogen and oxygen atoms in total. The Morgan fingerprint density at radius 1 is 0.548 bits per heavy atom. The average molecular weight is 535 g/mol. The Labute approximate surface area is 242 Å². The fourth-order valence-corrected chi connectivity index (χ4v) is 6.39. The maximum absolute atomic E-state index is 9.37. The molecule has 0 aliphatic heterocycles. The van der Waals surface area contributed by atoms with E-state index in [9.17, 15) is 5.26 Å². The topological polar surface area (TPSA) is 38.0 Å². The lowest BCUT2D eigenvalue weighted by molar-refractivity contribution is 1.18. The van der Waals surface area contributed by atoms with E-state index in [1.54, 1.807) is 0 Å². The summed E-state index contributed by atoms with van der Waals surface area (Å²) in [6.45, 7) is 7.73. The van der Waals surface area contributed by atoms with E-state index in [4.69, 9.17) is 6.57 Å². The fourth-order valence-electron chi connectivity index (χ4n) is 6.39. The van der Waals surface area contributed by atoms with Crippen molar-refractivity contribution in [3.05, 3.63) is 150 Å². The number of fused-ring (bicyclic) bond motifs is 6. The van der Waals surface area contributed by atoms with Gasteiger partial charge in [0, 0.05) is 27.4 Å². The molecule has 6 aromatic carbocycles. The summed E-state index contributed by atoms with van der Waals surface area (Å²) in [4.78, 5) is 3.76. The standard InChI is InChI=1S/C38H22N4/c1-40-26-19-22-36-32(23-26)38-31(12-8-16-37(38)41(36)27-20-17-25(24-39)18-21-27)30-11-4-7-15-35(30)42-33-13-5-2-9-28(33)29-10-3-6-14-34(29)42/h2-23H. The van der Waals surface area contributed by atoms with Gasteiger partial charge in [-0.3, -0.25) is 0 Å². The molecule has 0 atom stereocenters. The number of hydrogen-bond acceptors (Lipinski definition) is 1. The van der Waals surface area contributed by atoms with Gasteiger partial charge in [0.1, 0.15) is 0 Å². The molecule has 4 heteroatoms. The normalized spacial score (nSPS) is 11.3. The Kier molecular flexibility index (Phi) is 5.22. The molecular formula is C38H22N4. The smallest absolute Gasteiger partial charge is 0.188 e. The van der Waals surface area contributed by atoms with Crippen molar-refractivity contribution in [1.82, 2.24) is 9.13 Å². The SMILES string of the molecule is [C-]#[N+]c1ccc2c(c1)c1c(-c3ccccc3-n3c4ccccc4c4ccccc43)cccc1n2-c1ccc(C#N)cc1. The molecule has 8 rings (SSSR count). The van der Waals surface area contributed by atoms with Crippen LogP contribution >= 0.6 is 0 Å². The molecule has 0 bridgehead atoms. The van der Waals surface area contributed by atoms with Crippen LogP contribution < -0.4 is 0 Å². The van der Waals surface area contributed by atoms with Crippen molar-refractivity contribution in [1.29, 1.82) is 5.26 Å². The van der Waals surface area contributed by atoms with Crippen LogP contribution in [0, 0.1) is 17.9 Å². The van der Waals surface area contributed by atoms with Crippen molar-refractivity contribution in [2.75, 3.05) is 0 Å². The molecule has 8 aromatic rings. The quantitative estimate of drug-likeness (QED) is 0.208. The molecule has 0 saturated carbocycles. The highest BCUT2D eigenvalue weighted by atomic mass is 15.0. The molecule has 0 radical (unpaired) electrons. The summed E-state index contributed by atoms with van der Waals surface area (Å²) in [5.74, 6) is 0. The molecule has 2 aromatic heterocycles. The third kappa shape index (κ3) is 3.40. The van der Waals surface area contributed by atoms with Gasteiger partial charge in [0.15, 0.2) is 5.69 Å². The first-order chi connectivity index (χ1) is 20.8. The van der Waals surface area contributed by atoms with Gasteiger partial charge >= 0.3 is 0 Å². The second-order valence-electron chi connectivity index (χ2n) is 10.4. The van der Waals surface area contributed by atoms with Crippen LogP contribution in [0.5, 0.6) is 0 Å². The van der Waals surface area contributed by atoms with Gasteiger partial charge in [-0.25, -0.2) is 4.85 Å². The molecule has 42 heavy (non-hydrogen) atoms. The molecule has 0 fully saturated rings. The Morgan fingerprint density at radius 3 is 1.88 bits per heavy atom. The second kappa shape index (κ2) is 9.24. The molecule has 194 valence electrons. The second-order valence-corrected chi connectivity index (χ2v) is 10.4. The first-order valence-electron chi connectivity index (χ1n) is 13.8. The van der Waals surface area contributed by atoms with Crippen LogP contribution in [0.25, 0.3) is 71.0 Å². The summed E-state index contributed by atoms with van der Waals surface area (Å²) in [6, 6.07) is 47.9. The minimum absolute atomic E-state index is 0.604. The Morgan fingerprint density at radius 2 is 1.17 bits per heavy atom. The predicted octanol–water partition coefficient (Wildman–Crippen LogP) is 9.97. The van der Waals surface area contributed by atoms with E-state index in [-0.39, 0.29) is 0 Å². The monoisotopic (exact) mass is 534 g/mol. The van der Waals surface area contributed by atoms with E-state index in [0.29, 0.717) is 11.3 Å². The summed E-state index contributed by atoms with van der Waals surface area (Å²) in [7, 11) is 0. The lowest BCUT2D eigenvalue weighted by Gasteiger charge is -2.15. The largest absolute Gasteiger partial charge is 0.309 e. The highest BCUT2D eigenvalue weighted by Crippen LogP contribution is 2.43. The summed E-state index contributed by atoms with van der Waals surface area (Å²) in [5.41, 5.74) is 9.89. The van der Waals surface area contributed by atoms with Crippen LogP contribution in [0.3, 0.4) is 0 Å². The molecule has 0 amide bonds. The summed E-state index contributed by atoms with van der Waals surface area (Å²) < 4.78 is 4.59. The summed E-state index contributed by atoms with van der Waals surface area (Å²) >= 11 is 0. The lowest BCUT2D eigenvalue weighted by Crippen LogP contribution is -1.97.